The number of hydrogen-bond acceptors (Lipinski definition) is 4. The Kier molecular flexibility index (Phi) is 4.62. The van der Waals surface area contributed by atoms with E-state index in [0.29, 0.717) is 13.0 Å². The van der Waals surface area contributed by atoms with E-state index in [0.717, 1.165) is 5.56 Å². The number of benzene rings is 1. The Balaban J connectivity index is 1.61. The number of likely N-dealkylation sites (tertiary alicyclic amines) is 1. The average molecular weight is 350 g/mol. The molecule has 0 spiro atoms. The van der Waals surface area contributed by atoms with Crippen molar-refractivity contribution in [1.29, 1.82) is 0 Å². The minimum atomic E-state index is -3.03. The molecule has 6 nitrogen and oxygen atoms in total. The maximum absolute atomic E-state index is 12.4. The molecule has 3 atom stereocenters. The molecule has 3 rings (SSSR count). The standard InChI is InChI=1S/C17H22N2O4S/c1-12(13-5-3-2-4-6-13)19-10-14(9-16(19)20)17(21)18-15-7-8-24(22,23)11-15/h2-6,12,14-15H,7-11H2,1H3,(H,18,21). The van der Waals surface area contributed by atoms with E-state index in [-0.39, 0.29) is 41.8 Å². The Morgan fingerprint density at radius 2 is 2.00 bits per heavy atom. The monoisotopic (exact) mass is 350 g/mol. The predicted octanol–water partition coefficient (Wildman–Crippen LogP) is 0.899. The molecule has 2 saturated heterocycles. The van der Waals surface area contributed by atoms with Gasteiger partial charge in [-0.05, 0) is 18.9 Å². The van der Waals surface area contributed by atoms with Crippen molar-refractivity contribution in [1.82, 2.24) is 10.2 Å². The second kappa shape index (κ2) is 6.55. The number of nitrogens with one attached hydrogen (secondary N) is 1. The van der Waals surface area contributed by atoms with Crippen molar-refractivity contribution >= 4 is 21.7 Å². The van der Waals surface area contributed by atoms with Crippen molar-refractivity contribution < 1.29 is 18.0 Å². The Bertz CT molecular complexity index is 732. The SMILES string of the molecule is CC(c1ccccc1)N1CC(C(=O)NC2CCS(=O)(=O)C2)CC1=O. The first-order valence-electron chi connectivity index (χ1n) is 8.21. The first-order valence-corrected chi connectivity index (χ1v) is 10.0. The lowest BCUT2D eigenvalue weighted by molar-refractivity contribution is -0.130. The highest BCUT2D eigenvalue weighted by atomic mass is 32.2. The van der Waals surface area contributed by atoms with Gasteiger partial charge in [-0.1, -0.05) is 30.3 Å². The predicted molar refractivity (Wildman–Crippen MR) is 89.9 cm³/mol. The van der Waals surface area contributed by atoms with E-state index in [4.69, 9.17) is 0 Å². The number of amides is 2. The average Bonchev–Trinajstić information content (AvgIpc) is 3.10. The van der Waals surface area contributed by atoms with Gasteiger partial charge in [0.1, 0.15) is 0 Å². The van der Waals surface area contributed by atoms with Crippen LogP contribution >= 0.6 is 0 Å². The molecule has 2 aliphatic heterocycles. The maximum Gasteiger partial charge on any atom is 0.225 e. The van der Waals surface area contributed by atoms with Gasteiger partial charge >= 0.3 is 0 Å². The third-order valence-corrected chi connectivity index (χ3v) is 6.63. The van der Waals surface area contributed by atoms with Crippen LogP contribution in [0.2, 0.25) is 0 Å². The lowest BCUT2D eigenvalue weighted by atomic mass is 10.1. The molecule has 2 amide bonds. The zero-order valence-electron chi connectivity index (χ0n) is 13.6. The summed E-state index contributed by atoms with van der Waals surface area (Å²) in [6.07, 6.45) is 0.640. The lowest BCUT2D eigenvalue weighted by Crippen LogP contribution is -2.40. The Morgan fingerprint density at radius 1 is 1.29 bits per heavy atom. The summed E-state index contributed by atoms with van der Waals surface area (Å²) in [5.74, 6) is -0.534. The van der Waals surface area contributed by atoms with E-state index < -0.39 is 15.8 Å². The zero-order valence-corrected chi connectivity index (χ0v) is 14.5. The smallest absolute Gasteiger partial charge is 0.225 e. The van der Waals surface area contributed by atoms with Crippen molar-refractivity contribution in [2.45, 2.75) is 31.8 Å². The molecule has 0 radical (unpaired) electrons. The van der Waals surface area contributed by atoms with Gasteiger partial charge in [0.25, 0.3) is 0 Å². The highest BCUT2D eigenvalue weighted by Gasteiger charge is 2.38. The van der Waals surface area contributed by atoms with Crippen molar-refractivity contribution in [3.63, 3.8) is 0 Å². The van der Waals surface area contributed by atoms with Gasteiger partial charge in [-0.2, -0.15) is 0 Å². The number of carbonyl (C=O) groups is 2. The van der Waals surface area contributed by atoms with Gasteiger partial charge in [-0.3, -0.25) is 9.59 Å². The third-order valence-electron chi connectivity index (χ3n) is 4.86. The topological polar surface area (TPSA) is 83.6 Å². The van der Waals surface area contributed by atoms with Gasteiger partial charge in [-0.25, -0.2) is 8.42 Å². The van der Waals surface area contributed by atoms with Crippen LogP contribution in [0.4, 0.5) is 0 Å². The van der Waals surface area contributed by atoms with Crippen LogP contribution < -0.4 is 5.32 Å². The van der Waals surface area contributed by atoms with Crippen LogP contribution in [0.1, 0.15) is 31.4 Å². The largest absolute Gasteiger partial charge is 0.352 e. The third kappa shape index (κ3) is 3.61. The first-order chi connectivity index (χ1) is 11.4. The van der Waals surface area contributed by atoms with Crippen molar-refractivity contribution in [3.8, 4) is 0 Å². The summed E-state index contributed by atoms with van der Waals surface area (Å²) in [4.78, 5) is 26.4. The van der Waals surface area contributed by atoms with Crippen LogP contribution in [0, 0.1) is 5.92 Å². The number of hydrogen-bond donors (Lipinski definition) is 1. The van der Waals surface area contributed by atoms with Crippen LogP contribution in [0.5, 0.6) is 0 Å². The fourth-order valence-corrected chi connectivity index (χ4v) is 5.09. The fraction of sp³-hybridized carbons (Fsp3) is 0.529. The maximum atomic E-state index is 12.4. The molecule has 0 aliphatic carbocycles. The van der Waals surface area contributed by atoms with Crippen LogP contribution in [0.25, 0.3) is 0 Å². The molecule has 24 heavy (non-hydrogen) atoms. The van der Waals surface area contributed by atoms with E-state index in [1.807, 2.05) is 37.3 Å². The van der Waals surface area contributed by atoms with Crippen molar-refractivity contribution in [2.24, 2.45) is 5.92 Å². The summed E-state index contributed by atoms with van der Waals surface area (Å²) in [6.45, 7) is 2.33. The molecule has 1 aromatic rings. The minimum Gasteiger partial charge on any atom is -0.352 e. The molecule has 1 aromatic carbocycles. The summed E-state index contributed by atoms with van der Waals surface area (Å²) in [5.41, 5.74) is 1.04. The minimum absolute atomic E-state index is 0.00351. The van der Waals surface area contributed by atoms with Gasteiger partial charge in [-0.15, -0.1) is 0 Å². The molecule has 3 unspecified atom stereocenters. The second-order valence-electron chi connectivity index (χ2n) is 6.64. The fourth-order valence-electron chi connectivity index (χ4n) is 3.42. The Labute approximate surface area is 142 Å². The van der Waals surface area contributed by atoms with E-state index in [1.54, 1.807) is 4.90 Å². The number of nitrogens with zero attached hydrogens (tertiary/aromatic N) is 1. The second-order valence-corrected chi connectivity index (χ2v) is 8.87. The van der Waals surface area contributed by atoms with E-state index >= 15 is 0 Å². The van der Waals surface area contributed by atoms with Crippen LogP contribution in [0.15, 0.2) is 30.3 Å². The number of rotatable bonds is 4. The normalized spacial score (nSPS) is 27.2. The molecular weight excluding hydrogens is 328 g/mol. The Hall–Kier alpha value is -1.89. The quantitative estimate of drug-likeness (QED) is 0.874. The molecule has 7 heteroatoms. The molecule has 1 N–H and O–H groups in total. The van der Waals surface area contributed by atoms with E-state index in [9.17, 15) is 18.0 Å². The van der Waals surface area contributed by atoms with Crippen LogP contribution in [-0.4, -0.2) is 49.2 Å². The lowest BCUT2D eigenvalue weighted by Gasteiger charge is -2.25. The highest BCUT2D eigenvalue weighted by Crippen LogP contribution is 2.28. The van der Waals surface area contributed by atoms with Crippen LogP contribution in [0.3, 0.4) is 0 Å². The highest BCUT2D eigenvalue weighted by molar-refractivity contribution is 7.91. The van der Waals surface area contributed by atoms with Gasteiger partial charge in [0.2, 0.25) is 11.8 Å². The summed E-state index contributed by atoms with van der Waals surface area (Å²) >= 11 is 0. The van der Waals surface area contributed by atoms with Gasteiger partial charge < -0.3 is 10.2 Å². The van der Waals surface area contributed by atoms with Crippen molar-refractivity contribution in [2.75, 3.05) is 18.1 Å². The zero-order chi connectivity index (χ0) is 17.3. The van der Waals surface area contributed by atoms with E-state index in [1.165, 1.54) is 0 Å². The summed E-state index contributed by atoms with van der Waals surface area (Å²) < 4.78 is 23.0. The molecule has 0 aromatic heterocycles. The molecule has 0 bridgehead atoms. The van der Waals surface area contributed by atoms with E-state index in [2.05, 4.69) is 5.32 Å². The van der Waals surface area contributed by atoms with Crippen LogP contribution in [-0.2, 0) is 19.4 Å². The molecule has 2 heterocycles. The molecular formula is C17H22N2O4S. The number of carbonyl (C=O) groups excluding carboxylic acids is 2. The number of sulfone groups is 1. The molecule has 2 aliphatic rings. The summed E-state index contributed by atoms with van der Waals surface area (Å²) in [6, 6.07) is 9.31. The van der Waals surface area contributed by atoms with Gasteiger partial charge in [0.15, 0.2) is 9.84 Å². The molecule has 130 valence electrons. The van der Waals surface area contributed by atoms with Gasteiger partial charge in [0, 0.05) is 19.0 Å². The molecule has 0 saturated carbocycles. The summed E-state index contributed by atoms with van der Waals surface area (Å²) in [7, 11) is -3.03. The molecule has 2 fully saturated rings. The summed E-state index contributed by atoms with van der Waals surface area (Å²) in [5, 5.41) is 2.80. The Morgan fingerprint density at radius 3 is 2.62 bits per heavy atom. The van der Waals surface area contributed by atoms with Gasteiger partial charge in [0.05, 0.1) is 23.5 Å². The van der Waals surface area contributed by atoms with Crippen molar-refractivity contribution in [3.05, 3.63) is 35.9 Å². The first kappa shape index (κ1) is 17.0.